The largest absolute Gasteiger partial charge is 0.310 e. The molecule has 8 rings (SSSR count). The highest BCUT2D eigenvalue weighted by Crippen LogP contribution is 2.56. The first-order valence-corrected chi connectivity index (χ1v) is 19.6. The van der Waals surface area contributed by atoms with Gasteiger partial charge in [0, 0.05) is 34.6 Å². The molecule has 0 heterocycles. The monoisotopic (exact) mass is 706 g/mol. The molecule has 0 saturated heterocycles. The summed E-state index contributed by atoms with van der Waals surface area (Å²) in [5.41, 5.74) is 24.4. The molecule has 0 bridgehead atoms. The normalized spacial score (nSPS) is 18.7. The molecule has 0 spiro atoms. The smallest absolute Gasteiger partial charge is 0.0521 e. The van der Waals surface area contributed by atoms with Crippen LogP contribution in [0, 0.1) is 72.6 Å². The lowest BCUT2D eigenvalue weighted by Gasteiger charge is -2.47. The fourth-order valence-corrected chi connectivity index (χ4v) is 9.18. The summed E-state index contributed by atoms with van der Waals surface area (Å²) in [6.45, 7) is 24.8. The number of aryl methyl sites for hydroxylation is 8. The van der Waals surface area contributed by atoms with Crippen LogP contribution in [0.25, 0.3) is 0 Å². The Morgan fingerprint density at radius 2 is 0.926 bits per heavy atom. The number of rotatable bonds is 6. The van der Waals surface area contributed by atoms with Crippen molar-refractivity contribution in [1.29, 1.82) is 0 Å². The molecule has 2 unspecified atom stereocenters. The van der Waals surface area contributed by atoms with Gasteiger partial charge in [-0.1, -0.05) is 128 Å². The van der Waals surface area contributed by atoms with Crippen molar-refractivity contribution in [2.45, 2.75) is 76.2 Å². The Morgan fingerprint density at radius 1 is 0.463 bits per heavy atom. The van der Waals surface area contributed by atoms with Crippen LogP contribution in [-0.2, 0) is 0 Å². The van der Waals surface area contributed by atoms with E-state index >= 15 is 0 Å². The third-order valence-corrected chi connectivity index (χ3v) is 11.9. The average molecular weight is 707 g/mol. The van der Waals surface area contributed by atoms with Crippen LogP contribution in [0.2, 0.25) is 0 Å². The Morgan fingerprint density at radius 3 is 1.37 bits per heavy atom. The van der Waals surface area contributed by atoms with Crippen LogP contribution < -0.4 is 9.80 Å². The number of hydrogen-bond donors (Lipinski definition) is 0. The predicted molar refractivity (Wildman–Crippen MR) is 231 cm³/mol. The van der Waals surface area contributed by atoms with Gasteiger partial charge in [0.25, 0.3) is 0 Å². The molecule has 0 N–H and O–H groups in total. The van der Waals surface area contributed by atoms with Crippen molar-refractivity contribution in [3.05, 3.63) is 199 Å². The lowest BCUT2D eigenvalue weighted by atomic mass is 9.61. The molecule has 0 aliphatic heterocycles. The molecule has 0 saturated carbocycles. The van der Waals surface area contributed by atoms with E-state index in [2.05, 4.69) is 201 Å². The summed E-state index contributed by atoms with van der Waals surface area (Å²) < 4.78 is 0. The van der Waals surface area contributed by atoms with Crippen molar-refractivity contribution >= 4 is 22.7 Å². The summed E-state index contributed by atoms with van der Waals surface area (Å²) in [6.07, 6.45) is 17.2. The minimum atomic E-state index is 0.0566. The Balaban J connectivity index is 1.49. The van der Waals surface area contributed by atoms with Gasteiger partial charge in [-0.2, -0.15) is 0 Å². The van der Waals surface area contributed by atoms with E-state index < -0.39 is 0 Å². The third-order valence-electron chi connectivity index (χ3n) is 11.9. The van der Waals surface area contributed by atoms with E-state index in [1.807, 2.05) is 0 Å². The molecule has 0 fully saturated rings. The van der Waals surface area contributed by atoms with Crippen LogP contribution in [0.1, 0.15) is 65.3 Å². The molecule has 0 amide bonds. The SMILES string of the molecule is Cc1ccc(N(C2=CC(N(c3ccc(C)cc3C)c3ccc(C)cc3C)=C3C=CC4=CC(C(C)(C)C)=CC5=CC=C2C3C54)c2ccc(C)cc2C)c(C)c1. The van der Waals surface area contributed by atoms with E-state index in [-0.39, 0.29) is 17.3 Å². The van der Waals surface area contributed by atoms with E-state index in [4.69, 9.17) is 0 Å². The molecule has 4 aliphatic carbocycles. The Bertz CT molecular complexity index is 2360. The molecule has 4 aromatic rings. The van der Waals surface area contributed by atoms with E-state index in [0.29, 0.717) is 0 Å². The van der Waals surface area contributed by atoms with Gasteiger partial charge in [-0.15, -0.1) is 0 Å². The van der Waals surface area contributed by atoms with Crippen LogP contribution in [0.3, 0.4) is 0 Å². The molecular weight excluding hydrogens is 653 g/mol. The van der Waals surface area contributed by atoms with Crippen molar-refractivity contribution in [3.63, 3.8) is 0 Å². The van der Waals surface area contributed by atoms with Crippen LogP contribution in [-0.4, -0.2) is 0 Å². The van der Waals surface area contributed by atoms with Gasteiger partial charge in [0.15, 0.2) is 0 Å². The first-order chi connectivity index (χ1) is 25.7. The Hall–Kier alpha value is -5.34. The number of anilines is 4. The Labute approximate surface area is 323 Å². The second-order valence-electron chi connectivity index (χ2n) is 17.3. The zero-order chi connectivity index (χ0) is 38.2. The fourth-order valence-electron chi connectivity index (χ4n) is 9.18. The summed E-state index contributed by atoms with van der Waals surface area (Å²) in [5, 5.41) is 0. The zero-order valence-electron chi connectivity index (χ0n) is 34.0. The van der Waals surface area contributed by atoms with Gasteiger partial charge in [0.1, 0.15) is 0 Å². The molecule has 272 valence electrons. The van der Waals surface area contributed by atoms with Crippen molar-refractivity contribution in [2.24, 2.45) is 17.3 Å². The number of benzene rings is 4. The second kappa shape index (κ2) is 13.2. The molecule has 4 aromatic carbocycles. The molecule has 54 heavy (non-hydrogen) atoms. The molecule has 2 heteroatoms. The number of hydrogen-bond acceptors (Lipinski definition) is 2. The van der Waals surface area contributed by atoms with Crippen molar-refractivity contribution < 1.29 is 0 Å². The summed E-state index contributed by atoms with van der Waals surface area (Å²) >= 11 is 0. The lowest BCUT2D eigenvalue weighted by Crippen LogP contribution is -2.37. The van der Waals surface area contributed by atoms with Gasteiger partial charge in [0.05, 0.1) is 11.4 Å². The van der Waals surface area contributed by atoms with Gasteiger partial charge < -0.3 is 9.80 Å². The first-order valence-electron chi connectivity index (χ1n) is 19.6. The van der Waals surface area contributed by atoms with E-state index in [1.165, 1.54) is 107 Å². The summed E-state index contributed by atoms with van der Waals surface area (Å²) in [6, 6.07) is 27.7. The lowest BCUT2D eigenvalue weighted by molar-refractivity contribution is 0.497. The van der Waals surface area contributed by atoms with Crippen molar-refractivity contribution in [1.82, 2.24) is 0 Å². The maximum Gasteiger partial charge on any atom is 0.0521 e. The fraction of sp³-hybridized carbons (Fsp3) is 0.269. The van der Waals surface area contributed by atoms with Crippen LogP contribution in [0.4, 0.5) is 22.7 Å². The zero-order valence-corrected chi connectivity index (χ0v) is 34.0. The van der Waals surface area contributed by atoms with Gasteiger partial charge in [0.2, 0.25) is 0 Å². The number of nitrogens with zero attached hydrogens (tertiary/aromatic N) is 2. The minimum Gasteiger partial charge on any atom is -0.310 e. The average Bonchev–Trinajstić information content (AvgIpc) is 3.10. The van der Waals surface area contributed by atoms with Crippen LogP contribution >= 0.6 is 0 Å². The van der Waals surface area contributed by atoms with Crippen molar-refractivity contribution in [3.8, 4) is 0 Å². The molecular formula is C52H54N2. The highest BCUT2D eigenvalue weighted by Gasteiger charge is 2.44. The molecule has 2 nitrogen and oxygen atoms in total. The van der Waals surface area contributed by atoms with Crippen LogP contribution in [0.15, 0.2) is 155 Å². The summed E-state index contributed by atoms with van der Waals surface area (Å²) in [5.74, 6) is 0.377. The molecule has 0 aromatic heterocycles. The van der Waals surface area contributed by atoms with Crippen molar-refractivity contribution in [2.75, 3.05) is 9.80 Å². The highest BCUT2D eigenvalue weighted by molar-refractivity contribution is 5.83. The maximum atomic E-state index is 2.56. The van der Waals surface area contributed by atoms with E-state index in [9.17, 15) is 0 Å². The summed E-state index contributed by atoms with van der Waals surface area (Å²) in [7, 11) is 0. The Kier molecular flexibility index (Phi) is 8.72. The molecule has 0 radical (unpaired) electrons. The minimum absolute atomic E-state index is 0.0566. The third kappa shape index (κ3) is 6.06. The van der Waals surface area contributed by atoms with Crippen LogP contribution in [0.5, 0.6) is 0 Å². The van der Waals surface area contributed by atoms with Gasteiger partial charge >= 0.3 is 0 Å². The molecule has 2 atom stereocenters. The quantitative estimate of drug-likeness (QED) is 0.197. The first kappa shape index (κ1) is 35.7. The summed E-state index contributed by atoms with van der Waals surface area (Å²) in [4.78, 5) is 5.13. The standard InChI is InChI=1S/C52H54N2/c1-31-12-20-44(35(5)24-31)53(45-21-13-32(2)25-36(45)6)48-30-49(54(46-22-14-33(3)26-37(46)7)47-23-15-34(4)27-38(47)8)43-19-17-40-29-41(52(9,10)11)28-39-16-18-42(48)51(43)50(39)40/h12-30,50-51H,1-11H3. The van der Waals surface area contributed by atoms with Gasteiger partial charge in [-0.05, 0) is 141 Å². The topological polar surface area (TPSA) is 6.48 Å². The van der Waals surface area contributed by atoms with Gasteiger partial charge in [-0.3, -0.25) is 0 Å². The maximum absolute atomic E-state index is 2.56. The van der Waals surface area contributed by atoms with E-state index in [1.54, 1.807) is 0 Å². The van der Waals surface area contributed by atoms with Gasteiger partial charge in [-0.25, -0.2) is 0 Å². The second-order valence-corrected chi connectivity index (χ2v) is 17.3. The number of allylic oxidation sites excluding steroid dienone is 12. The molecule has 4 aliphatic rings. The highest BCUT2D eigenvalue weighted by atomic mass is 15.2. The van der Waals surface area contributed by atoms with E-state index in [0.717, 1.165) is 0 Å². The predicted octanol–water partition coefficient (Wildman–Crippen LogP) is 13.9.